The van der Waals surface area contributed by atoms with E-state index in [-0.39, 0.29) is 17.7 Å². The van der Waals surface area contributed by atoms with E-state index in [4.69, 9.17) is 4.74 Å². The molecule has 1 aromatic rings. The molecule has 25 heavy (non-hydrogen) atoms. The molecule has 2 fully saturated rings. The molecule has 2 saturated heterocycles. The van der Waals surface area contributed by atoms with Crippen molar-refractivity contribution < 1.29 is 14.3 Å². The standard InChI is InChI=1S/C19H27N3O3/c1-15(23)20-8-6-16(7-9-20)19(24)22-12-10-21(11-13-22)17-4-3-5-18(14-17)25-2/h3-5,14,16H,6-13H2,1-2H3. The minimum Gasteiger partial charge on any atom is -0.497 e. The minimum absolute atomic E-state index is 0.0685. The van der Waals surface area contributed by atoms with Crippen LogP contribution in [0, 0.1) is 5.92 Å². The first kappa shape index (κ1) is 17.6. The summed E-state index contributed by atoms with van der Waals surface area (Å²) in [4.78, 5) is 30.3. The highest BCUT2D eigenvalue weighted by Crippen LogP contribution is 2.24. The van der Waals surface area contributed by atoms with Crippen molar-refractivity contribution in [3.05, 3.63) is 24.3 Å². The molecular formula is C19H27N3O3. The van der Waals surface area contributed by atoms with Gasteiger partial charge in [0, 0.05) is 63.9 Å². The second-order valence-electron chi connectivity index (χ2n) is 6.79. The van der Waals surface area contributed by atoms with Gasteiger partial charge in [-0.1, -0.05) is 6.07 Å². The van der Waals surface area contributed by atoms with Crippen LogP contribution >= 0.6 is 0 Å². The first-order valence-corrected chi connectivity index (χ1v) is 9.02. The average molecular weight is 345 g/mol. The zero-order valence-corrected chi connectivity index (χ0v) is 15.1. The number of carbonyl (C=O) groups excluding carboxylic acids is 2. The summed E-state index contributed by atoms with van der Waals surface area (Å²) >= 11 is 0. The van der Waals surface area contributed by atoms with Gasteiger partial charge in [0.2, 0.25) is 11.8 Å². The Morgan fingerprint density at radius 1 is 1.00 bits per heavy atom. The number of ether oxygens (including phenoxy) is 1. The first-order chi connectivity index (χ1) is 12.1. The number of hydrogen-bond donors (Lipinski definition) is 0. The van der Waals surface area contributed by atoms with Crippen LogP contribution in [0.4, 0.5) is 5.69 Å². The van der Waals surface area contributed by atoms with E-state index >= 15 is 0 Å². The molecule has 6 nitrogen and oxygen atoms in total. The second-order valence-corrected chi connectivity index (χ2v) is 6.79. The van der Waals surface area contributed by atoms with Gasteiger partial charge in [0.1, 0.15) is 5.75 Å². The van der Waals surface area contributed by atoms with Crippen LogP contribution in [0.15, 0.2) is 24.3 Å². The average Bonchev–Trinajstić information content (AvgIpc) is 2.67. The van der Waals surface area contributed by atoms with Gasteiger partial charge in [-0.25, -0.2) is 0 Å². The molecule has 0 aliphatic carbocycles. The van der Waals surface area contributed by atoms with Crippen LogP contribution in [0.2, 0.25) is 0 Å². The fourth-order valence-corrected chi connectivity index (χ4v) is 3.69. The molecule has 2 heterocycles. The predicted molar refractivity (Wildman–Crippen MR) is 96.8 cm³/mol. The number of piperazine rings is 1. The van der Waals surface area contributed by atoms with Crippen LogP contribution in [-0.2, 0) is 9.59 Å². The second kappa shape index (κ2) is 7.76. The maximum Gasteiger partial charge on any atom is 0.225 e. The smallest absolute Gasteiger partial charge is 0.225 e. The number of amides is 2. The number of hydrogen-bond acceptors (Lipinski definition) is 4. The lowest BCUT2D eigenvalue weighted by Crippen LogP contribution is -2.52. The Bertz CT molecular complexity index is 618. The first-order valence-electron chi connectivity index (χ1n) is 9.02. The summed E-state index contributed by atoms with van der Waals surface area (Å²) < 4.78 is 5.29. The summed E-state index contributed by atoms with van der Waals surface area (Å²) in [6.07, 6.45) is 1.57. The van der Waals surface area contributed by atoms with E-state index in [1.54, 1.807) is 14.0 Å². The number of carbonyl (C=O) groups is 2. The van der Waals surface area contributed by atoms with Gasteiger partial charge in [-0.2, -0.15) is 0 Å². The Kier molecular flexibility index (Phi) is 5.46. The molecule has 0 saturated carbocycles. The molecule has 136 valence electrons. The number of anilines is 1. The topological polar surface area (TPSA) is 53.1 Å². The van der Waals surface area contributed by atoms with E-state index in [0.717, 1.165) is 50.5 Å². The molecule has 0 spiro atoms. The lowest BCUT2D eigenvalue weighted by molar-refractivity contribution is -0.140. The zero-order chi connectivity index (χ0) is 17.8. The van der Waals surface area contributed by atoms with Crippen molar-refractivity contribution in [1.82, 2.24) is 9.80 Å². The Morgan fingerprint density at radius 2 is 1.68 bits per heavy atom. The predicted octanol–water partition coefficient (Wildman–Crippen LogP) is 1.60. The molecule has 0 N–H and O–H groups in total. The number of benzene rings is 1. The summed E-state index contributed by atoms with van der Waals surface area (Å²) in [5.74, 6) is 1.29. The summed E-state index contributed by atoms with van der Waals surface area (Å²) in [6.45, 7) is 6.19. The van der Waals surface area contributed by atoms with Crippen molar-refractivity contribution in [2.45, 2.75) is 19.8 Å². The molecule has 2 amide bonds. The molecule has 0 radical (unpaired) electrons. The Morgan fingerprint density at radius 3 is 2.28 bits per heavy atom. The van der Waals surface area contributed by atoms with Gasteiger partial charge in [-0.05, 0) is 25.0 Å². The fraction of sp³-hybridized carbons (Fsp3) is 0.579. The molecule has 2 aliphatic heterocycles. The minimum atomic E-state index is 0.0685. The number of rotatable bonds is 3. The Labute approximate surface area is 149 Å². The maximum absolute atomic E-state index is 12.8. The van der Waals surface area contributed by atoms with Crippen LogP contribution in [0.5, 0.6) is 5.75 Å². The molecular weight excluding hydrogens is 318 g/mol. The highest BCUT2D eigenvalue weighted by molar-refractivity contribution is 5.80. The highest BCUT2D eigenvalue weighted by Gasteiger charge is 2.31. The maximum atomic E-state index is 12.8. The number of likely N-dealkylation sites (tertiary alicyclic amines) is 1. The third-order valence-corrected chi connectivity index (χ3v) is 5.30. The van der Waals surface area contributed by atoms with E-state index in [1.807, 2.05) is 28.0 Å². The van der Waals surface area contributed by atoms with E-state index in [2.05, 4.69) is 11.0 Å². The van der Waals surface area contributed by atoms with Crippen LogP contribution in [0.1, 0.15) is 19.8 Å². The van der Waals surface area contributed by atoms with Gasteiger partial charge in [0.05, 0.1) is 7.11 Å². The van der Waals surface area contributed by atoms with E-state index in [1.165, 1.54) is 0 Å². The van der Waals surface area contributed by atoms with E-state index in [0.29, 0.717) is 13.1 Å². The molecule has 2 aliphatic rings. The lowest BCUT2D eigenvalue weighted by Gasteiger charge is -2.39. The molecule has 0 aromatic heterocycles. The summed E-state index contributed by atoms with van der Waals surface area (Å²) in [5.41, 5.74) is 1.14. The van der Waals surface area contributed by atoms with Crippen molar-refractivity contribution in [3.63, 3.8) is 0 Å². The Balaban J connectivity index is 1.52. The zero-order valence-electron chi connectivity index (χ0n) is 15.1. The highest BCUT2D eigenvalue weighted by atomic mass is 16.5. The molecule has 0 atom stereocenters. The number of nitrogens with zero attached hydrogens (tertiary/aromatic N) is 3. The van der Waals surface area contributed by atoms with Crippen molar-refractivity contribution in [1.29, 1.82) is 0 Å². The summed E-state index contributed by atoms with van der Waals surface area (Å²) in [5, 5.41) is 0. The SMILES string of the molecule is COc1cccc(N2CCN(C(=O)C3CCN(C(C)=O)CC3)CC2)c1. The van der Waals surface area contributed by atoms with Gasteiger partial charge < -0.3 is 19.4 Å². The van der Waals surface area contributed by atoms with Crippen molar-refractivity contribution in [2.24, 2.45) is 5.92 Å². The summed E-state index contributed by atoms with van der Waals surface area (Å²) in [6, 6.07) is 8.05. The van der Waals surface area contributed by atoms with Gasteiger partial charge >= 0.3 is 0 Å². The van der Waals surface area contributed by atoms with Gasteiger partial charge in [-0.3, -0.25) is 9.59 Å². The number of piperidine rings is 1. The van der Waals surface area contributed by atoms with Crippen molar-refractivity contribution >= 4 is 17.5 Å². The molecule has 0 bridgehead atoms. The summed E-state index contributed by atoms with van der Waals surface area (Å²) in [7, 11) is 1.67. The van der Waals surface area contributed by atoms with Crippen LogP contribution in [0.3, 0.4) is 0 Å². The lowest BCUT2D eigenvalue weighted by atomic mass is 9.95. The van der Waals surface area contributed by atoms with Crippen LogP contribution in [-0.4, -0.2) is 68.0 Å². The van der Waals surface area contributed by atoms with Crippen LogP contribution in [0.25, 0.3) is 0 Å². The molecule has 6 heteroatoms. The third kappa shape index (κ3) is 4.06. The van der Waals surface area contributed by atoms with E-state index < -0.39 is 0 Å². The van der Waals surface area contributed by atoms with Crippen LogP contribution < -0.4 is 9.64 Å². The van der Waals surface area contributed by atoms with Gasteiger partial charge in [0.25, 0.3) is 0 Å². The van der Waals surface area contributed by atoms with Gasteiger partial charge in [0.15, 0.2) is 0 Å². The van der Waals surface area contributed by atoms with E-state index in [9.17, 15) is 9.59 Å². The number of methoxy groups -OCH3 is 1. The molecule has 0 unspecified atom stereocenters. The quantitative estimate of drug-likeness (QED) is 0.835. The molecule has 1 aromatic carbocycles. The molecule has 3 rings (SSSR count). The monoisotopic (exact) mass is 345 g/mol. The Hall–Kier alpha value is -2.24. The van der Waals surface area contributed by atoms with Gasteiger partial charge in [-0.15, -0.1) is 0 Å². The fourth-order valence-electron chi connectivity index (χ4n) is 3.69. The normalized spacial score (nSPS) is 19.0. The third-order valence-electron chi connectivity index (χ3n) is 5.30. The van der Waals surface area contributed by atoms with Crippen molar-refractivity contribution in [3.8, 4) is 5.75 Å². The van der Waals surface area contributed by atoms with Crippen molar-refractivity contribution in [2.75, 3.05) is 51.3 Å². The largest absolute Gasteiger partial charge is 0.497 e.